The summed E-state index contributed by atoms with van der Waals surface area (Å²) in [5, 5.41) is 13.4. The van der Waals surface area contributed by atoms with Crippen LogP contribution in [-0.4, -0.2) is 25.7 Å². The van der Waals surface area contributed by atoms with Gasteiger partial charge >= 0.3 is 5.97 Å². The summed E-state index contributed by atoms with van der Waals surface area (Å²) >= 11 is 0. The lowest BCUT2D eigenvalue weighted by Gasteiger charge is -2.04. The number of hydrogen-bond acceptors (Lipinski definition) is 3. The zero-order valence-corrected chi connectivity index (χ0v) is 10.2. The second-order valence-corrected chi connectivity index (χ2v) is 4.13. The van der Waals surface area contributed by atoms with Gasteiger partial charge in [-0.3, -0.25) is 0 Å². The molecule has 0 radical (unpaired) electrons. The molecule has 1 N–H and O–H groups in total. The number of rotatable bonds is 3. The van der Waals surface area contributed by atoms with Crippen molar-refractivity contribution in [3.8, 4) is 0 Å². The van der Waals surface area contributed by atoms with Crippen LogP contribution in [0, 0.1) is 13.8 Å². The van der Waals surface area contributed by atoms with Gasteiger partial charge < -0.3 is 5.11 Å². The number of carbonyl (C=O) groups is 1. The lowest BCUT2D eigenvalue weighted by Crippen LogP contribution is -2.09. The monoisotopic (exact) mass is 233 g/mol. The molecule has 0 amide bonds. The average Bonchev–Trinajstić information content (AvgIpc) is 2.55. The van der Waals surface area contributed by atoms with Gasteiger partial charge in [0.05, 0.1) is 5.69 Å². The minimum atomic E-state index is -0.975. The highest BCUT2D eigenvalue weighted by Crippen LogP contribution is 2.16. The second kappa shape index (κ2) is 4.16. The van der Waals surface area contributed by atoms with E-state index in [-0.39, 0.29) is 5.69 Å². The average molecular weight is 233 g/mol. The van der Waals surface area contributed by atoms with E-state index < -0.39 is 5.97 Å². The van der Waals surface area contributed by atoms with Gasteiger partial charge in [0.15, 0.2) is 11.3 Å². The quantitative estimate of drug-likeness (QED) is 0.880. The van der Waals surface area contributed by atoms with E-state index in [1.165, 1.54) is 4.52 Å². The van der Waals surface area contributed by atoms with Gasteiger partial charge in [-0.1, -0.05) is 13.3 Å². The first-order valence-corrected chi connectivity index (χ1v) is 5.63. The second-order valence-electron chi connectivity index (χ2n) is 4.13. The summed E-state index contributed by atoms with van der Waals surface area (Å²) in [6, 6.07) is 1.60. The van der Waals surface area contributed by atoms with E-state index in [1.807, 2.05) is 20.8 Å². The summed E-state index contributed by atoms with van der Waals surface area (Å²) in [6.07, 6.45) is 1.72. The van der Waals surface area contributed by atoms with Crippen LogP contribution in [0.15, 0.2) is 6.07 Å². The predicted molar refractivity (Wildman–Crippen MR) is 63.4 cm³/mol. The number of carboxylic acids is 1. The Labute approximate surface area is 99.1 Å². The van der Waals surface area contributed by atoms with Gasteiger partial charge in [0.2, 0.25) is 0 Å². The summed E-state index contributed by atoms with van der Waals surface area (Å²) in [5.41, 5.74) is 3.38. The van der Waals surface area contributed by atoms with Gasteiger partial charge in [0, 0.05) is 11.3 Å². The fraction of sp³-hybridized carbons (Fsp3) is 0.417. The van der Waals surface area contributed by atoms with E-state index >= 15 is 0 Å². The van der Waals surface area contributed by atoms with E-state index in [0.29, 0.717) is 5.65 Å². The van der Waals surface area contributed by atoms with E-state index in [2.05, 4.69) is 10.1 Å². The van der Waals surface area contributed by atoms with E-state index in [9.17, 15) is 9.90 Å². The highest BCUT2D eigenvalue weighted by atomic mass is 16.4. The first kappa shape index (κ1) is 11.6. The minimum Gasteiger partial charge on any atom is -0.477 e. The van der Waals surface area contributed by atoms with Crippen LogP contribution in [0.5, 0.6) is 0 Å². The third-order valence-electron chi connectivity index (χ3n) is 2.84. The fourth-order valence-electron chi connectivity index (χ4n) is 1.82. The standard InChI is InChI=1S/C12H15N3O2/c1-4-5-9-6-10(12(16)17)15-11(13-9)7(2)8(3)14-15/h6H,4-5H2,1-3H3,(H,16,17). The van der Waals surface area contributed by atoms with Crippen molar-refractivity contribution in [2.45, 2.75) is 33.6 Å². The Kier molecular flexibility index (Phi) is 2.83. The molecular weight excluding hydrogens is 218 g/mol. The maximum atomic E-state index is 11.2. The maximum Gasteiger partial charge on any atom is 0.354 e. The minimum absolute atomic E-state index is 0.176. The number of fused-ring (bicyclic) bond motifs is 1. The summed E-state index contributed by atoms with van der Waals surface area (Å²) < 4.78 is 1.41. The summed E-state index contributed by atoms with van der Waals surface area (Å²) in [4.78, 5) is 15.7. The normalized spacial score (nSPS) is 11.0. The first-order valence-electron chi connectivity index (χ1n) is 5.63. The summed E-state index contributed by atoms with van der Waals surface area (Å²) in [5.74, 6) is -0.975. The highest BCUT2D eigenvalue weighted by Gasteiger charge is 2.15. The Hall–Kier alpha value is -1.91. The predicted octanol–water partition coefficient (Wildman–Crippen LogP) is 2.00. The van der Waals surface area contributed by atoms with Crippen LogP contribution in [0.1, 0.15) is 40.8 Å². The van der Waals surface area contributed by atoms with Crippen LogP contribution in [0.2, 0.25) is 0 Å². The Morgan fingerprint density at radius 1 is 1.47 bits per heavy atom. The van der Waals surface area contributed by atoms with Crippen molar-refractivity contribution in [2.75, 3.05) is 0 Å². The third kappa shape index (κ3) is 1.88. The van der Waals surface area contributed by atoms with Crippen LogP contribution < -0.4 is 0 Å². The Balaban J connectivity index is 2.76. The molecule has 5 heteroatoms. The molecule has 90 valence electrons. The number of aryl methyl sites for hydroxylation is 3. The van der Waals surface area contributed by atoms with Crippen LogP contribution in [0.25, 0.3) is 5.65 Å². The zero-order valence-electron chi connectivity index (χ0n) is 10.2. The largest absolute Gasteiger partial charge is 0.477 e. The van der Waals surface area contributed by atoms with Crippen molar-refractivity contribution >= 4 is 11.6 Å². The van der Waals surface area contributed by atoms with Crippen molar-refractivity contribution in [3.05, 3.63) is 28.7 Å². The lowest BCUT2D eigenvalue weighted by atomic mass is 10.2. The highest BCUT2D eigenvalue weighted by molar-refractivity contribution is 5.86. The molecule has 0 spiro atoms. The van der Waals surface area contributed by atoms with Crippen LogP contribution >= 0.6 is 0 Å². The molecule has 2 aromatic rings. The van der Waals surface area contributed by atoms with Gasteiger partial charge in [-0.25, -0.2) is 14.3 Å². The SMILES string of the molecule is CCCc1cc(C(=O)O)n2nc(C)c(C)c2n1. The summed E-state index contributed by atoms with van der Waals surface area (Å²) in [7, 11) is 0. The Morgan fingerprint density at radius 2 is 2.18 bits per heavy atom. The molecule has 0 unspecified atom stereocenters. The van der Waals surface area contributed by atoms with Crippen molar-refractivity contribution in [2.24, 2.45) is 0 Å². The summed E-state index contributed by atoms with van der Waals surface area (Å²) in [6.45, 7) is 5.81. The van der Waals surface area contributed by atoms with Crippen molar-refractivity contribution in [3.63, 3.8) is 0 Å². The van der Waals surface area contributed by atoms with Gasteiger partial charge in [-0.2, -0.15) is 5.10 Å². The van der Waals surface area contributed by atoms with E-state index in [1.54, 1.807) is 6.07 Å². The molecule has 0 saturated heterocycles. The fourth-order valence-corrected chi connectivity index (χ4v) is 1.82. The molecular formula is C12H15N3O2. The molecule has 0 aliphatic rings. The molecule has 0 bridgehead atoms. The van der Waals surface area contributed by atoms with Gasteiger partial charge in [-0.15, -0.1) is 0 Å². The van der Waals surface area contributed by atoms with Gasteiger partial charge in [-0.05, 0) is 26.3 Å². The first-order chi connectivity index (χ1) is 8.04. The van der Waals surface area contributed by atoms with Gasteiger partial charge in [0.25, 0.3) is 0 Å². The number of aromatic nitrogens is 3. The molecule has 0 aromatic carbocycles. The van der Waals surface area contributed by atoms with Crippen LogP contribution in [0.4, 0.5) is 0 Å². The number of hydrogen-bond donors (Lipinski definition) is 1. The maximum absolute atomic E-state index is 11.2. The molecule has 5 nitrogen and oxygen atoms in total. The van der Waals surface area contributed by atoms with E-state index in [0.717, 1.165) is 29.8 Å². The molecule has 2 heterocycles. The zero-order chi connectivity index (χ0) is 12.6. The van der Waals surface area contributed by atoms with E-state index in [4.69, 9.17) is 0 Å². The Morgan fingerprint density at radius 3 is 2.76 bits per heavy atom. The third-order valence-corrected chi connectivity index (χ3v) is 2.84. The van der Waals surface area contributed by atoms with Crippen molar-refractivity contribution in [1.82, 2.24) is 14.6 Å². The number of carboxylic acid groups (broad SMARTS) is 1. The smallest absolute Gasteiger partial charge is 0.354 e. The van der Waals surface area contributed by atoms with Gasteiger partial charge in [0.1, 0.15) is 0 Å². The van der Waals surface area contributed by atoms with Crippen molar-refractivity contribution < 1.29 is 9.90 Å². The molecule has 2 rings (SSSR count). The number of nitrogens with zero attached hydrogens (tertiary/aromatic N) is 3. The molecule has 0 saturated carbocycles. The van der Waals surface area contributed by atoms with Crippen LogP contribution in [-0.2, 0) is 6.42 Å². The molecule has 0 atom stereocenters. The molecule has 0 aliphatic carbocycles. The topological polar surface area (TPSA) is 67.5 Å². The molecule has 17 heavy (non-hydrogen) atoms. The molecule has 2 aromatic heterocycles. The van der Waals surface area contributed by atoms with Crippen molar-refractivity contribution in [1.29, 1.82) is 0 Å². The number of aromatic carboxylic acids is 1. The molecule has 0 fully saturated rings. The van der Waals surface area contributed by atoms with Crippen LogP contribution in [0.3, 0.4) is 0 Å². The molecule has 0 aliphatic heterocycles. The Bertz CT molecular complexity index is 587. The lowest BCUT2D eigenvalue weighted by molar-refractivity contribution is 0.0687.